The number of amides is 1. The molecular formula is C14H20N2O. The monoisotopic (exact) mass is 232 g/mol. The fraction of sp³-hybridized carbons (Fsp3) is 0.500. The van der Waals surface area contributed by atoms with Gasteiger partial charge in [0.2, 0.25) is 0 Å². The van der Waals surface area contributed by atoms with Gasteiger partial charge in [0.05, 0.1) is 0 Å². The number of hydrogen-bond acceptors (Lipinski definition) is 2. The van der Waals surface area contributed by atoms with Crippen LogP contribution in [0.15, 0.2) is 24.3 Å². The van der Waals surface area contributed by atoms with Gasteiger partial charge in [-0.25, -0.2) is 0 Å². The van der Waals surface area contributed by atoms with Crippen LogP contribution in [0.4, 0.5) is 0 Å². The van der Waals surface area contributed by atoms with Gasteiger partial charge in [0.25, 0.3) is 5.91 Å². The molecule has 0 aromatic heterocycles. The lowest BCUT2D eigenvalue weighted by atomic mass is 9.97. The molecular weight excluding hydrogens is 212 g/mol. The third kappa shape index (κ3) is 2.50. The highest BCUT2D eigenvalue weighted by molar-refractivity contribution is 5.95. The van der Waals surface area contributed by atoms with E-state index in [1.165, 1.54) is 0 Å². The molecule has 1 aromatic carbocycles. The molecule has 0 bridgehead atoms. The summed E-state index contributed by atoms with van der Waals surface area (Å²) in [5, 5.41) is 0. The van der Waals surface area contributed by atoms with E-state index in [0.717, 1.165) is 30.5 Å². The van der Waals surface area contributed by atoms with Crippen molar-refractivity contribution in [2.75, 3.05) is 6.54 Å². The zero-order valence-corrected chi connectivity index (χ0v) is 10.5. The van der Waals surface area contributed by atoms with Crippen LogP contribution in [0, 0.1) is 6.92 Å². The molecule has 2 atom stereocenters. The summed E-state index contributed by atoms with van der Waals surface area (Å²) < 4.78 is 0. The number of nitrogens with zero attached hydrogens (tertiary/aromatic N) is 1. The van der Waals surface area contributed by atoms with Crippen LogP contribution in [-0.2, 0) is 0 Å². The number of carbonyl (C=O) groups excluding carboxylic acids is 1. The smallest absolute Gasteiger partial charge is 0.254 e. The first-order valence-electron chi connectivity index (χ1n) is 6.21. The summed E-state index contributed by atoms with van der Waals surface area (Å²) in [4.78, 5) is 14.4. The molecule has 1 fully saturated rings. The van der Waals surface area contributed by atoms with Crippen LogP contribution in [0.2, 0.25) is 0 Å². The molecule has 0 saturated carbocycles. The lowest BCUT2D eigenvalue weighted by molar-refractivity contribution is 0.0618. The molecule has 1 heterocycles. The molecule has 0 spiro atoms. The van der Waals surface area contributed by atoms with E-state index < -0.39 is 0 Å². The van der Waals surface area contributed by atoms with Crippen LogP contribution >= 0.6 is 0 Å². The summed E-state index contributed by atoms with van der Waals surface area (Å²) in [5.41, 5.74) is 7.77. The van der Waals surface area contributed by atoms with Crippen LogP contribution in [0.1, 0.15) is 35.7 Å². The van der Waals surface area contributed by atoms with Gasteiger partial charge >= 0.3 is 0 Å². The lowest BCUT2D eigenvalue weighted by Gasteiger charge is -2.36. The highest BCUT2D eigenvalue weighted by atomic mass is 16.2. The standard InChI is InChI=1S/C14H20N2O/c1-10-5-3-4-6-13(10)14(17)16-8-7-12(15)9-11(16)2/h3-6,11-12H,7-9,15H2,1-2H3. The summed E-state index contributed by atoms with van der Waals surface area (Å²) in [6, 6.07) is 8.24. The minimum absolute atomic E-state index is 0.141. The topological polar surface area (TPSA) is 46.3 Å². The Morgan fingerprint density at radius 2 is 2.12 bits per heavy atom. The van der Waals surface area contributed by atoms with Crippen molar-refractivity contribution in [1.29, 1.82) is 0 Å². The molecule has 0 aliphatic carbocycles. The van der Waals surface area contributed by atoms with Crippen LogP contribution in [-0.4, -0.2) is 29.4 Å². The second-order valence-electron chi connectivity index (χ2n) is 4.95. The highest BCUT2D eigenvalue weighted by Crippen LogP contribution is 2.20. The van der Waals surface area contributed by atoms with Gasteiger partial charge in [-0.15, -0.1) is 0 Å². The summed E-state index contributed by atoms with van der Waals surface area (Å²) in [7, 11) is 0. The highest BCUT2D eigenvalue weighted by Gasteiger charge is 2.28. The summed E-state index contributed by atoms with van der Waals surface area (Å²) in [6.45, 7) is 4.83. The quantitative estimate of drug-likeness (QED) is 0.804. The van der Waals surface area contributed by atoms with Crippen LogP contribution in [0.5, 0.6) is 0 Å². The number of benzene rings is 1. The number of rotatable bonds is 1. The molecule has 1 aromatic rings. The van der Waals surface area contributed by atoms with E-state index in [4.69, 9.17) is 5.73 Å². The number of likely N-dealkylation sites (tertiary alicyclic amines) is 1. The number of hydrogen-bond donors (Lipinski definition) is 1. The Bertz CT molecular complexity index is 416. The van der Waals surface area contributed by atoms with Gasteiger partial charge in [0.15, 0.2) is 0 Å². The fourth-order valence-electron chi connectivity index (χ4n) is 2.48. The summed E-state index contributed by atoms with van der Waals surface area (Å²) >= 11 is 0. The van der Waals surface area contributed by atoms with Crippen molar-refractivity contribution in [1.82, 2.24) is 4.90 Å². The Kier molecular flexibility index (Phi) is 3.48. The minimum atomic E-state index is 0.141. The predicted molar refractivity (Wildman–Crippen MR) is 68.9 cm³/mol. The van der Waals surface area contributed by atoms with Crippen LogP contribution in [0.25, 0.3) is 0 Å². The number of carbonyl (C=O) groups is 1. The third-order valence-electron chi connectivity index (χ3n) is 3.55. The van der Waals surface area contributed by atoms with Crippen molar-refractivity contribution >= 4 is 5.91 Å². The number of piperidine rings is 1. The first kappa shape index (κ1) is 12.1. The predicted octanol–water partition coefficient (Wildman–Crippen LogP) is 1.95. The molecule has 3 nitrogen and oxygen atoms in total. The van der Waals surface area contributed by atoms with Gasteiger partial charge in [-0.1, -0.05) is 18.2 Å². The molecule has 1 amide bonds. The minimum Gasteiger partial charge on any atom is -0.336 e. The van der Waals surface area contributed by atoms with E-state index in [1.807, 2.05) is 36.1 Å². The van der Waals surface area contributed by atoms with Crippen molar-refractivity contribution < 1.29 is 4.79 Å². The molecule has 2 rings (SSSR count). The molecule has 0 radical (unpaired) electrons. The van der Waals surface area contributed by atoms with E-state index in [1.54, 1.807) is 0 Å². The molecule has 17 heavy (non-hydrogen) atoms. The fourth-order valence-corrected chi connectivity index (χ4v) is 2.48. The largest absolute Gasteiger partial charge is 0.336 e. The first-order chi connectivity index (χ1) is 8.09. The van der Waals surface area contributed by atoms with Gasteiger partial charge < -0.3 is 10.6 Å². The molecule has 92 valence electrons. The van der Waals surface area contributed by atoms with Crippen molar-refractivity contribution in [2.45, 2.75) is 38.8 Å². The average molecular weight is 232 g/mol. The van der Waals surface area contributed by atoms with Crippen LogP contribution < -0.4 is 5.73 Å². The maximum atomic E-state index is 12.4. The first-order valence-corrected chi connectivity index (χ1v) is 6.21. The molecule has 3 heteroatoms. The third-order valence-corrected chi connectivity index (χ3v) is 3.55. The Morgan fingerprint density at radius 3 is 2.76 bits per heavy atom. The van der Waals surface area contributed by atoms with Gasteiger partial charge in [-0.05, 0) is 38.3 Å². The normalized spacial score (nSPS) is 24.8. The molecule has 2 N–H and O–H groups in total. The van der Waals surface area contributed by atoms with Gasteiger partial charge in [-0.3, -0.25) is 4.79 Å². The zero-order chi connectivity index (χ0) is 12.4. The van der Waals surface area contributed by atoms with Gasteiger partial charge in [-0.2, -0.15) is 0 Å². The van der Waals surface area contributed by atoms with E-state index in [9.17, 15) is 4.79 Å². The second-order valence-corrected chi connectivity index (χ2v) is 4.95. The van der Waals surface area contributed by atoms with E-state index >= 15 is 0 Å². The van der Waals surface area contributed by atoms with Gasteiger partial charge in [0.1, 0.15) is 0 Å². The maximum absolute atomic E-state index is 12.4. The molecule has 1 aliphatic rings. The number of nitrogens with two attached hydrogens (primary N) is 1. The summed E-state index contributed by atoms with van der Waals surface area (Å²) in [5.74, 6) is 0.141. The SMILES string of the molecule is Cc1ccccc1C(=O)N1CCC(N)CC1C. The van der Waals surface area contributed by atoms with Crippen molar-refractivity contribution in [2.24, 2.45) is 5.73 Å². The lowest BCUT2D eigenvalue weighted by Crippen LogP contribution is -2.48. The second kappa shape index (κ2) is 4.88. The van der Waals surface area contributed by atoms with E-state index in [0.29, 0.717) is 0 Å². The molecule has 1 saturated heterocycles. The Morgan fingerprint density at radius 1 is 1.41 bits per heavy atom. The van der Waals surface area contributed by atoms with E-state index in [2.05, 4.69) is 6.92 Å². The molecule has 1 aliphatic heterocycles. The van der Waals surface area contributed by atoms with Crippen molar-refractivity contribution in [3.05, 3.63) is 35.4 Å². The average Bonchev–Trinajstić information content (AvgIpc) is 2.29. The van der Waals surface area contributed by atoms with E-state index in [-0.39, 0.29) is 18.0 Å². The Hall–Kier alpha value is -1.35. The van der Waals surface area contributed by atoms with Crippen LogP contribution in [0.3, 0.4) is 0 Å². The Balaban J connectivity index is 2.18. The maximum Gasteiger partial charge on any atom is 0.254 e. The Labute approximate surface area is 103 Å². The zero-order valence-electron chi connectivity index (χ0n) is 10.5. The molecule has 2 unspecified atom stereocenters. The van der Waals surface area contributed by atoms with Gasteiger partial charge in [0, 0.05) is 24.2 Å². The van der Waals surface area contributed by atoms with Crippen molar-refractivity contribution in [3.8, 4) is 0 Å². The van der Waals surface area contributed by atoms with Crippen molar-refractivity contribution in [3.63, 3.8) is 0 Å². The number of aryl methyl sites for hydroxylation is 1. The summed E-state index contributed by atoms with van der Waals surface area (Å²) in [6.07, 6.45) is 1.81.